The van der Waals surface area contributed by atoms with Crippen LogP contribution < -0.4 is 4.72 Å². The van der Waals surface area contributed by atoms with Gasteiger partial charge in [0.1, 0.15) is 4.21 Å². The number of sulfonamides is 1. The summed E-state index contributed by atoms with van der Waals surface area (Å²) in [6.45, 7) is 1.88. The molecule has 0 unspecified atom stereocenters. The first-order valence-corrected chi connectivity index (χ1v) is 8.29. The number of pyridine rings is 1. The number of anilines is 1. The predicted molar refractivity (Wildman–Crippen MR) is 81.6 cm³/mol. The molecule has 0 aliphatic rings. The number of aryl methyl sites for hydroxylation is 1. The van der Waals surface area contributed by atoms with Gasteiger partial charge in [-0.25, -0.2) is 8.42 Å². The predicted octanol–water partition coefficient (Wildman–Crippen LogP) is 3.41. The van der Waals surface area contributed by atoms with Crippen molar-refractivity contribution in [3.8, 4) is 0 Å². The molecule has 4 nitrogen and oxygen atoms in total. The minimum absolute atomic E-state index is 0.308. The lowest BCUT2D eigenvalue weighted by molar-refractivity contribution is 0.603. The Morgan fingerprint density at radius 3 is 2.70 bits per heavy atom. The van der Waals surface area contributed by atoms with Crippen molar-refractivity contribution in [3.05, 3.63) is 53.5 Å². The van der Waals surface area contributed by atoms with Crippen molar-refractivity contribution in [2.24, 2.45) is 0 Å². The van der Waals surface area contributed by atoms with Gasteiger partial charge < -0.3 is 0 Å². The van der Waals surface area contributed by atoms with Crippen molar-refractivity contribution in [3.63, 3.8) is 0 Å². The lowest BCUT2D eigenvalue weighted by Gasteiger charge is -2.06. The number of hydrogen-bond donors (Lipinski definition) is 1. The molecule has 20 heavy (non-hydrogen) atoms. The number of nitrogens with one attached hydrogen (secondary N) is 1. The van der Waals surface area contributed by atoms with E-state index in [9.17, 15) is 8.42 Å². The van der Waals surface area contributed by atoms with Crippen LogP contribution in [0.3, 0.4) is 0 Å². The van der Waals surface area contributed by atoms with E-state index in [0.29, 0.717) is 9.90 Å². The van der Waals surface area contributed by atoms with E-state index in [2.05, 4.69) is 9.71 Å². The summed E-state index contributed by atoms with van der Waals surface area (Å²) in [5.74, 6) is 0. The van der Waals surface area contributed by atoms with E-state index < -0.39 is 10.0 Å². The molecule has 3 aromatic rings. The Bertz CT molecular complexity index is 870. The first-order valence-electron chi connectivity index (χ1n) is 5.99. The van der Waals surface area contributed by atoms with Crippen molar-refractivity contribution in [2.75, 3.05) is 4.72 Å². The molecule has 1 aromatic carbocycles. The van der Waals surface area contributed by atoms with Crippen LogP contribution >= 0.6 is 11.3 Å². The summed E-state index contributed by atoms with van der Waals surface area (Å²) in [6.07, 6.45) is 1.53. The number of benzene rings is 1. The number of nitrogens with zero attached hydrogens (tertiary/aromatic N) is 1. The summed E-state index contributed by atoms with van der Waals surface area (Å²) in [6, 6.07) is 12.7. The molecule has 0 atom stereocenters. The van der Waals surface area contributed by atoms with Crippen LogP contribution in [-0.4, -0.2) is 13.4 Å². The molecule has 6 heteroatoms. The van der Waals surface area contributed by atoms with Crippen molar-refractivity contribution >= 4 is 38.0 Å². The summed E-state index contributed by atoms with van der Waals surface area (Å²) in [5.41, 5.74) is 1.30. The SMILES string of the molecule is Cc1ccc(S(=O)(=O)Nc2cnc3ccccc3c2)s1. The fraction of sp³-hybridized carbons (Fsp3) is 0.0714. The topological polar surface area (TPSA) is 59.1 Å². The molecule has 0 fully saturated rings. The van der Waals surface area contributed by atoms with E-state index in [1.54, 1.807) is 18.2 Å². The number of para-hydroxylation sites is 1. The van der Waals surface area contributed by atoms with Crippen LogP contribution in [-0.2, 0) is 10.0 Å². The van der Waals surface area contributed by atoms with Crippen LogP contribution in [0, 0.1) is 6.92 Å². The molecule has 0 spiro atoms. The second-order valence-electron chi connectivity index (χ2n) is 4.39. The third-order valence-electron chi connectivity index (χ3n) is 2.82. The van der Waals surface area contributed by atoms with Gasteiger partial charge in [-0.1, -0.05) is 18.2 Å². The van der Waals surface area contributed by atoms with E-state index in [-0.39, 0.29) is 0 Å². The van der Waals surface area contributed by atoms with E-state index in [0.717, 1.165) is 15.8 Å². The van der Waals surface area contributed by atoms with Gasteiger partial charge in [0.15, 0.2) is 0 Å². The molecule has 0 saturated carbocycles. The summed E-state index contributed by atoms with van der Waals surface area (Å²) in [5, 5.41) is 0.898. The molecular formula is C14H12N2O2S2. The van der Waals surface area contributed by atoms with Gasteiger partial charge in [-0.3, -0.25) is 9.71 Å². The van der Waals surface area contributed by atoms with Gasteiger partial charge in [0.2, 0.25) is 0 Å². The highest BCUT2D eigenvalue weighted by Crippen LogP contribution is 2.24. The van der Waals surface area contributed by atoms with Gasteiger partial charge in [-0.15, -0.1) is 11.3 Å². The third kappa shape index (κ3) is 2.52. The normalized spacial score (nSPS) is 11.7. The zero-order chi connectivity index (χ0) is 14.2. The van der Waals surface area contributed by atoms with Crippen LogP contribution in [0.2, 0.25) is 0 Å². The van der Waals surface area contributed by atoms with Crippen molar-refractivity contribution in [1.82, 2.24) is 4.98 Å². The van der Waals surface area contributed by atoms with E-state index in [4.69, 9.17) is 0 Å². The minimum Gasteiger partial charge on any atom is -0.277 e. The summed E-state index contributed by atoms with van der Waals surface area (Å²) < 4.78 is 27.3. The van der Waals surface area contributed by atoms with Crippen LogP contribution in [0.15, 0.2) is 52.9 Å². The maximum Gasteiger partial charge on any atom is 0.271 e. The molecule has 2 heterocycles. The Morgan fingerprint density at radius 2 is 1.95 bits per heavy atom. The number of fused-ring (bicyclic) bond motifs is 1. The number of thiophene rings is 1. The van der Waals surface area contributed by atoms with Gasteiger partial charge in [0.05, 0.1) is 17.4 Å². The first kappa shape index (κ1) is 13.1. The van der Waals surface area contributed by atoms with Crippen LogP contribution in [0.1, 0.15) is 4.88 Å². The second kappa shape index (κ2) is 4.88. The quantitative estimate of drug-likeness (QED) is 0.806. The Kier molecular flexibility index (Phi) is 3.19. The highest BCUT2D eigenvalue weighted by atomic mass is 32.2. The molecule has 1 N–H and O–H groups in total. The van der Waals surface area contributed by atoms with Crippen molar-refractivity contribution in [1.29, 1.82) is 0 Å². The molecule has 2 aromatic heterocycles. The first-order chi connectivity index (χ1) is 9.54. The molecular weight excluding hydrogens is 292 g/mol. The minimum atomic E-state index is -3.53. The van der Waals surface area contributed by atoms with Crippen LogP contribution in [0.4, 0.5) is 5.69 Å². The van der Waals surface area contributed by atoms with Crippen LogP contribution in [0.5, 0.6) is 0 Å². The maximum atomic E-state index is 12.2. The van der Waals surface area contributed by atoms with Crippen molar-refractivity contribution < 1.29 is 8.42 Å². The van der Waals surface area contributed by atoms with Gasteiger partial charge in [0.25, 0.3) is 10.0 Å². The summed E-state index contributed by atoms with van der Waals surface area (Å²) in [4.78, 5) is 5.20. The number of hydrogen-bond acceptors (Lipinski definition) is 4. The monoisotopic (exact) mass is 304 g/mol. The van der Waals surface area contributed by atoms with Gasteiger partial charge in [-0.05, 0) is 31.2 Å². The summed E-state index contributed by atoms with van der Waals surface area (Å²) >= 11 is 1.25. The zero-order valence-electron chi connectivity index (χ0n) is 10.7. The highest BCUT2D eigenvalue weighted by molar-refractivity contribution is 7.94. The lowest BCUT2D eigenvalue weighted by atomic mass is 10.2. The average Bonchev–Trinajstić information content (AvgIpc) is 2.86. The highest BCUT2D eigenvalue weighted by Gasteiger charge is 2.16. The largest absolute Gasteiger partial charge is 0.277 e. The molecule has 0 bridgehead atoms. The number of aromatic nitrogens is 1. The molecule has 102 valence electrons. The zero-order valence-corrected chi connectivity index (χ0v) is 12.3. The Balaban J connectivity index is 1.96. The molecule has 0 aliphatic carbocycles. The molecule has 0 aliphatic heterocycles. The Labute approximate surface area is 121 Å². The Hall–Kier alpha value is -1.92. The third-order valence-corrected chi connectivity index (χ3v) is 5.70. The molecule has 0 radical (unpaired) electrons. The van der Waals surface area contributed by atoms with E-state index in [1.807, 2.05) is 31.2 Å². The fourth-order valence-corrected chi connectivity index (χ4v) is 4.21. The Morgan fingerprint density at radius 1 is 1.15 bits per heavy atom. The van der Waals surface area contributed by atoms with Gasteiger partial charge in [-0.2, -0.15) is 0 Å². The van der Waals surface area contributed by atoms with E-state index in [1.165, 1.54) is 17.5 Å². The van der Waals surface area contributed by atoms with Crippen molar-refractivity contribution in [2.45, 2.75) is 11.1 Å². The molecule has 0 saturated heterocycles. The molecule has 3 rings (SSSR count). The van der Waals surface area contributed by atoms with Crippen LogP contribution in [0.25, 0.3) is 10.9 Å². The average molecular weight is 304 g/mol. The number of rotatable bonds is 3. The lowest BCUT2D eigenvalue weighted by Crippen LogP contribution is -2.11. The summed E-state index contributed by atoms with van der Waals surface area (Å²) in [7, 11) is -3.53. The fourth-order valence-electron chi connectivity index (χ4n) is 1.89. The standard InChI is InChI=1S/C14H12N2O2S2/c1-10-6-7-14(19-10)20(17,18)16-12-8-11-4-2-3-5-13(11)15-9-12/h2-9,16H,1H3. The smallest absolute Gasteiger partial charge is 0.271 e. The second-order valence-corrected chi connectivity index (χ2v) is 7.58. The van der Waals surface area contributed by atoms with Gasteiger partial charge >= 0.3 is 0 Å². The maximum absolute atomic E-state index is 12.2. The van der Waals surface area contributed by atoms with Gasteiger partial charge in [0, 0.05) is 10.3 Å². The molecule has 0 amide bonds. The van der Waals surface area contributed by atoms with E-state index >= 15 is 0 Å².